The Kier molecular flexibility index (Phi) is 3.44. The fourth-order valence-corrected chi connectivity index (χ4v) is 2.59. The smallest absolute Gasteiger partial charge is 0.146 e. The minimum absolute atomic E-state index is 0.130. The number of nitrogens with two attached hydrogens (primary N) is 1. The third-order valence-corrected chi connectivity index (χ3v) is 3.90. The second kappa shape index (κ2) is 5.29. The zero-order valence-electron chi connectivity index (χ0n) is 12.4. The molecule has 3 N–H and O–H groups in total. The van der Waals surface area contributed by atoms with E-state index >= 15 is 0 Å². The number of hydrogen-bond acceptors (Lipinski definition) is 4. The van der Waals surface area contributed by atoms with Gasteiger partial charge >= 0.3 is 0 Å². The first-order valence-corrected chi connectivity index (χ1v) is 7.12. The van der Waals surface area contributed by atoms with Crippen LogP contribution in [0.15, 0.2) is 30.7 Å². The Hall–Kier alpha value is -2.63. The van der Waals surface area contributed by atoms with Crippen LogP contribution in [0.3, 0.4) is 0 Å². The van der Waals surface area contributed by atoms with Gasteiger partial charge in [0.2, 0.25) is 0 Å². The van der Waals surface area contributed by atoms with Crippen LogP contribution in [0.5, 0.6) is 5.75 Å². The van der Waals surface area contributed by atoms with Gasteiger partial charge in [-0.15, -0.1) is 0 Å². The van der Waals surface area contributed by atoms with Crippen LogP contribution in [0.25, 0.3) is 22.2 Å². The van der Waals surface area contributed by atoms with Crippen molar-refractivity contribution in [3.8, 4) is 16.9 Å². The van der Waals surface area contributed by atoms with Crippen LogP contribution < -0.4 is 5.73 Å². The molecule has 0 amide bonds. The van der Waals surface area contributed by atoms with Crippen molar-refractivity contribution in [1.82, 2.24) is 14.5 Å². The molecule has 0 bridgehead atoms. The Bertz CT molecular complexity index is 823. The summed E-state index contributed by atoms with van der Waals surface area (Å²) in [6, 6.07) is 4.15. The first kappa shape index (κ1) is 14.3. The molecular weight excluding hydrogens is 283 g/mol. The van der Waals surface area contributed by atoms with Gasteiger partial charge in [-0.1, -0.05) is 6.92 Å². The third-order valence-electron chi connectivity index (χ3n) is 3.90. The fourth-order valence-electron chi connectivity index (χ4n) is 2.59. The van der Waals surface area contributed by atoms with Gasteiger partial charge in [0, 0.05) is 23.9 Å². The number of anilines is 1. The molecule has 114 valence electrons. The summed E-state index contributed by atoms with van der Waals surface area (Å²) in [4.78, 5) is 8.35. The summed E-state index contributed by atoms with van der Waals surface area (Å²) < 4.78 is 15.6. The maximum atomic E-state index is 13.6. The lowest BCUT2D eigenvalue weighted by molar-refractivity contribution is 0.469. The summed E-state index contributed by atoms with van der Waals surface area (Å²) in [6.07, 6.45) is 4.23. The normalized spacial score (nSPS) is 12.7. The topological polar surface area (TPSA) is 77.0 Å². The van der Waals surface area contributed by atoms with Gasteiger partial charge in [0.1, 0.15) is 29.4 Å². The van der Waals surface area contributed by atoms with Crippen molar-refractivity contribution < 1.29 is 9.50 Å². The molecule has 2 aromatic heterocycles. The van der Waals surface area contributed by atoms with Crippen LogP contribution in [0, 0.1) is 5.82 Å². The van der Waals surface area contributed by atoms with Crippen molar-refractivity contribution in [3.05, 3.63) is 36.5 Å². The van der Waals surface area contributed by atoms with Gasteiger partial charge in [-0.3, -0.25) is 0 Å². The van der Waals surface area contributed by atoms with Crippen LogP contribution in [0.1, 0.15) is 26.3 Å². The number of aromatic nitrogens is 3. The lowest BCUT2D eigenvalue weighted by Gasteiger charge is -2.11. The first-order chi connectivity index (χ1) is 10.5. The molecule has 0 saturated carbocycles. The standard InChI is InChI=1S/C16H17FN4O/c1-3-9(2)21-7-13(10-4-11(17)6-12(22)5-10)14-15(18)19-8-20-16(14)21/h4-9,22H,3H2,1-2H3,(H2,18,19,20). The Morgan fingerprint density at radius 1 is 1.32 bits per heavy atom. The molecule has 0 aliphatic heterocycles. The molecule has 0 aliphatic rings. The minimum Gasteiger partial charge on any atom is -0.508 e. The molecule has 6 heteroatoms. The molecule has 3 rings (SSSR count). The van der Waals surface area contributed by atoms with Gasteiger partial charge in [-0.2, -0.15) is 0 Å². The van der Waals surface area contributed by atoms with Gasteiger partial charge in [0.25, 0.3) is 0 Å². The highest BCUT2D eigenvalue weighted by Gasteiger charge is 2.18. The number of nitrogens with zero attached hydrogens (tertiary/aromatic N) is 3. The Morgan fingerprint density at radius 2 is 2.09 bits per heavy atom. The Labute approximate surface area is 127 Å². The number of fused-ring (bicyclic) bond motifs is 1. The molecule has 1 unspecified atom stereocenters. The van der Waals surface area contributed by atoms with E-state index < -0.39 is 5.82 Å². The maximum absolute atomic E-state index is 13.6. The van der Waals surface area contributed by atoms with Crippen molar-refractivity contribution in [2.45, 2.75) is 26.3 Å². The predicted molar refractivity (Wildman–Crippen MR) is 84.0 cm³/mol. The average molecular weight is 300 g/mol. The van der Waals surface area contributed by atoms with Crippen LogP contribution >= 0.6 is 0 Å². The van der Waals surface area contributed by atoms with E-state index in [1.165, 1.54) is 18.5 Å². The van der Waals surface area contributed by atoms with Crippen molar-refractivity contribution in [3.63, 3.8) is 0 Å². The van der Waals surface area contributed by atoms with Gasteiger partial charge in [0.15, 0.2) is 0 Å². The lowest BCUT2D eigenvalue weighted by atomic mass is 10.1. The molecule has 0 saturated heterocycles. The number of hydrogen-bond donors (Lipinski definition) is 2. The van der Waals surface area contributed by atoms with Crippen molar-refractivity contribution in [2.24, 2.45) is 0 Å². The number of nitrogen functional groups attached to an aromatic ring is 1. The molecule has 3 aromatic rings. The summed E-state index contributed by atoms with van der Waals surface area (Å²) in [5.41, 5.74) is 7.97. The maximum Gasteiger partial charge on any atom is 0.146 e. The zero-order chi connectivity index (χ0) is 15.9. The second-order valence-electron chi connectivity index (χ2n) is 5.36. The highest BCUT2D eigenvalue weighted by molar-refractivity contribution is 6.00. The molecule has 1 atom stereocenters. The molecule has 1 aromatic carbocycles. The number of rotatable bonds is 3. The highest BCUT2D eigenvalue weighted by atomic mass is 19.1. The molecule has 0 aliphatic carbocycles. The van der Waals surface area contributed by atoms with E-state index in [1.54, 1.807) is 0 Å². The third kappa shape index (κ3) is 2.26. The van der Waals surface area contributed by atoms with E-state index in [4.69, 9.17) is 5.73 Å². The molecule has 22 heavy (non-hydrogen) atoms. The molecule has 0 fully saturated rings. The van der Waals surface area contributed by atoms with Crippen LogP contribution in [-0.4, -0.2) is 19.6 Å². The van der Waals surface area contributed by atoms with E-state index in [0.29, 0.717) is 28.0 Å². The number of halogens is 1. The monoisotopic (exact) mass is 300 g/mol. The average Bonchev–Trinajstić information content (AvgIpc) is 2.86. The summed E-state index contributed by atoms with van der Waals surface area (Å²) in [5, 5.41) is 10.3. The fraction of sp³-hybridized carbons (Fsp3) is 0.250. The highest BCUT2D eigenvalue weighted by Crippen LogP contribution is 2.36. The SMILES string of the molecule is CCC(C)n1cc(-c2cc(O)cc(F)c2)c2c(N)ncnc21. The van der Waals surface area contributed by atoms with E-state index in [2.05, 4.69) is 23.8 Å². The molecule has 5 nitrogen and oxygen atoms in total. The van der Waals surface area contributed by atoms with Crippen molar-refractivity contribution in [1.29, 1.82) is 0 Å². The van der Waals surface area contributed by atoms with Crippen LogP contribution in [0.2, 0.25) is 0 Å². The van der Waals surface area contributed by atoms with Crippen molar-refractivity contribution >= 4 is 16.9 Å². The number of benzene rings is 1. The Morgan fingerprint density at radius 3 is 2.77 bits per heavy atom. The zero-order valence-corrected chi connectivity index (χ0v) is 12.4. The van der Waals surface area contributed by atoms with Crippen molar-refractivity contribution in [2.75, 3.05) is 5.73 Å². The molecule has 0 radical (unpaired) electrons. The van der Waals surface area contributed by atoms with E-state index in [1.807, 2.05) is 10.8 Å². The second-order valence-corrected chi connectivity index (χ2v) is 5.36. The van der Waals surface area contributed by atoms with Gasteiger partial charge in [-0.25, -0.2) is 14.4 Å². The quantitative estimate of drug-likeness (QED) is 0.776. The summed E-state index contributed by atoms with van der Waals surface area (Å²) >= 11 is 0. The summed E-state index contributed by atoms with van der Waals surface area (Å²) in [7, 11) is 0. The van der Waals surface area contributed by atoms with Gasteiger partial charge in [-0.05, 0) is 31.0 Å². The van der Waals surface area contributed by atoms with Crippen LogP contribution in [0.4, 0.5) is 10.2 Å². The largest absolute Gasteiger partial charge is 0.508 e. The molecule has 0 spiro atoms. The Balaban J connectivity index is 2.34. The van der Waals surface area contributed by atoms with E-state index in [9.17, 15) is 9.50 Å². The lowest BCUT2D eigenvalue weighted by Crippen LogP contribution is -2.03. The van der Waals surface area contributed by atoms with E-state index in [-0.39, 0.29) is 11.8 Å². The predicted octanol–water partition coefficient (Wildman–Crippen LogP) is 3.50. The molecular formula is C16H17FN4O. The molecule has 2 heterocycles. The summed E-state index contributed by atoms with van der Waals surface area (Å²) in [6.45, 7) is 4.15. The van der Waals surface area contributed by atoms with Gasteiger partial charge in [0.05, 0.1) is 5.39 Å². The minimum atomic E-state index is -0.505. The first-order valence-electron chi connectivity index (χ1n) is 7.12. The number of phenolic OH excluding ortho intramolecular Hbond substituents is 1. The van der Waals surface area contributed by atoms with Crippen LogP contribution in [-0.2, 0) is 0 Å². The number of aromatic hydroxyl groups is 1. The number of phenols is 1. The van der Waals surface area contributed by atoms with Gasteiger partial charge < -0.3 is 15.4 Å². The summed E-state index contributed by atoms with van der Waals surface area (Å²) in [5.74, 6) is -0.296. The van der Waals surface area contributed by atoms with E-state index in [0.717, 1.165) is 12.5 Å².